The number of para-hydroxylation sites is 1. The zero-order valence-electron chi connectivity index (χ0n) is 20.6. The summed E-state index contributed by atoms with van der Waals surface area (Å²) in [4.78, 5) is 34.0. The van der Waals surface area contributed by atoms with Gasteiger partial charge in [-0.15, -0.1) is 5.06 Å². The molecule has 1 aliphatic rings. The molecule has 1 aromatic heterocycles. The fourth-order valence-electron chi connectivity index (χ4n) is 3.52. The Hall–Kier alpha value is -4.11. The minimum Gasteiger partial charge on any atom is -0.457 e. The van der Waals surface area contributed by atoms with Crippen LogP contribution in [0.25, 0.3) is 0 Å². The predicted molar refractivity (Wildman–Crippen MR) is 135 cm³/mol. The number of hydroxylamine groups is 2. The van der Waals surface area contributed by atoms with Crippen LogP contribution in [-0.2, 0) is 9.63 Å². The fourth-order valence-corrected chi connectivity index (χ4v) is 3.52. The second-order valence-corrected chi connectivity index (χ2v) is 9.58. The number of amides is 1. The van der Waals surface area contributed by atoms with Crippen LogP contribution in [-0.4, -0.2) is 41.1 Å². The minimum atomic E-state index is -0.655. The standard InChI is InChI=1S/C27H30N4O5/c1-27(2,3)26(33)36-31-14-13-18(17-31)30-19-15-23(24(28)32)25(29-16-19)35-22-11-9-21(10-12-22)34-20-7-5-4-6-8-20/h4-12,15-16,18,30H,13-14,17H2,1-3H3,(H2,28,32). The number of hydrogen-bond acceptors (Lipinski definition) is 8. The van der Waals surface area contributed by atoms with Crippen LogP contribution in [0.15, 0.2) is 66.9 Å². The van der Waals surface area contributed by atoms with Crippen LogP contribution in [0, 0.1) is 5.41 Å². The van der Waals surface area contributed by atoms with E-state index < -0.39 is 11.3 Å². The van der Waals surface area contributed by atoms with Gasteiger partial charge in [0, 0.05) is 12.6 Å². The molecule has 1 unspecified atom stereocenters. The van der Waals surface area contributed by atoms with E-state index in [4.69, 9.17) is 20.0 Å². The van der Waals surface area contributed by atoms with E-state index in [0.717, 1.165) is 12.2 Å². The van der Waals surface area contributed by atoms with Crippen LogP contribution in [0.1, 0.15) is 37.6 Å². The molecular formula is C27H30N4O5. The molecule has 0 spiro atoms. The SMILES string of the molecule is CC(C)(C)C(=O)ON1CCC(Nc2cnc(Oc3ccc(Oc4ccccc4)cc3)c(C(N)=O)c2)C1. The van der Waals surface area contributed by atoms with Crippen molar-refractivity contribution in [2.24, 2.45) is 11.1 Å². The van der Waals surface area contributed by atoms with Gasteiger partial charge in [-0.05, 0) is 69.7 Å². The van der Waals surface area contributed by atoms with Crippen molar-refractivity contribution in [2.75, 3.05) is 18.4 Å². The Kier molecular flexibility index (Phi) is 7.40. The molecule has 0 saturated carbocycles. The maximum atomic E-state index is 12.1. The maximum absolute atomic E-state index is 12.1. The number of nitrogens with one attached hydrogen (secondary N) is 1. The van der Waals surface area contributed by atoms with Gasteiger partial charge in [-0.3, -0.25) is 4.79 Å². The number of rotatable bonds is 8. The van der Waals surface area contributed by atoms with Crippen LogP contribution >= 0.6 is 0 Å². The van der Waals surface area contributed by atoms with Crippen molar-refractivity contribution >= 4 is 17.6 Å². The lowest BCUT2D eigenvalue weighted by Crippen LogP contribution is -2.33. The van der Waals surface area contributed by atoms with Gasteiger partial charge in [0.1, 0.15) is 22.8 Å². The van der Waals surface area contributed by atoms with Gasteiger partial charge >= 0.3 is 5.97 Å². The molecule has 9 nitrogen and oxygen atoms in total. The highest BCUT2D eigenvalue weighted by atomic mass is 16.7. The topological polar surface area (TPSA) is 116 Å². The van der Waals surface area contributed by atoms with E-state index in [0.29, 0.717) is 30.3 Å². The number of carbonyl (C=O) groups is 2. The molecule has 1 saturated heterocycles. The number of ether oxygens (including phenoxy) is 2. The summed E-state index contributed by atoms with van der Waals surface area (Å²) in [7, 11) is 0. The lowest BCUT2D eigenvalue weighted by molar-refractivity contribution is -0.195. The lowest BCUT2D eigenvalue weighted by Gasteiger charge is -2.22. The highest BCUT2D eigenvalue weighted by Gasteiger charge is 2.30. The first-order valence-corrected chi connectivity index (χ1v) is 11.7. The predicted octanol–water partition coefficient (Wildman–Crippen LogP) is 4.76. The van der Waals surface area contributed by atoms with Gasteiger partial charge in [0.05, 0.1) is 23.8 Å². The first kappa shape index (κ1) is 25.0. The molecule has 2 heterocycles. The molecule has 1 fully saturated rings. The number of nitrogens with zero attached hydrogens (tertiary/aromatic N) is 2. The summed E-state index contributed by atoms with van der Waals surface area (Å²) in [6, 6.07) is 18.0. The third-order valence-corrected chi connectivity index (χ3v) is 5.48. The molecule has 0 radical (unpaired) electrons. The van der Waals surface area contributed by atoms with Crippen molar-refractivity contribution in [1.29, 1.82) is 0 Å². The Morgan fingerprint density at radius 1 is 1.00 bits per heavy atom. The number of pyridine rings is 1. The molecule has 0 bridgehead atoms. The maximum Gasteiger partial charge on any atom is 0.330 e. The minimum absolute atomic E-state index is 0.0178. The highest BCUT2D eigenvalue weighted by molar-refractivity contribution is 5.96. The molecule has 188 valence electrons. The van der Waals surface area contributed by atoms with E-state index in [2.05, 4.69) is 10.3 Å². The molecule has 1 amide bonds. The fraction of sp³-hybridized carbons (Fsp3) is 0.296. The second-order valence-electron chi connectivity index (χ2n) is 9.58. The van der Waals surface area contributed by atoms with Gasteiger partial charge in [0.2, 0.25) is 5.88 Å². The molecule has 9 heteroatoms. The number of aromatic nitrogens is 1. The first-order chi connectivity index (χ1) is 17.2. The summed E-state index contributed by atoms with van der Waals surface area (Å²) < 4.78 is 11.6. The van der Waals surface area contributed by atoms with Gasteiger partial charge in [-0.25, -0.2) is 9.78 Å². The highest BCUT2D eigenvalue weighted by Crippen LogP contribution is 2.29. The summed E-state index contributed by atoms with van der Waals surface area (Å²) in [5, 5.41) is 4.97. The van der Waals surface area contributed by atoms with Gasteiger partial charge in [0.25, 0.3) is 5.91 Å². The summed E-state index contributed by atoms with van der Waals surface area (Å²) in [5.41, 5.74) is 5.80. The number of benzene rings is 2. The Bertz CT molecular complexity index is 1210. The van der Waals surface area contributed by atoms with E-state index in [9.17, 15) is 9.59 Å². The van der Waals surface area contributed by atoms with Crippen LogP contribution in [0.4, 0.5) is 5.69 Å². The van der Waals surface area contributed by atoms with E-state index in [1.165, 1.54) is 0 Å². The number of nitrogens with two attached hydrogens (primary N) is 1. The monoisotopic (exact) mass is 490 g/mol. The zero-order valence-corrected chi connectivity index (χ0v) is 20.6. The third-order valence-electron chi connectivity index (χ3n) is 5.48. The van der Waals surface area contributed by atoms with E-state index in [-0.39, 0.29) is 23.5 Å². The van der Waals surface area contributed by atoms with Gasteiger partial charge < -0.3 is 25.4 Å². The molecule has 2 aromatic carbocycles. The molecule has 4 rings (SSSR count). The van der Waals surface area contributed by atoms with Gasteiger partial charge in [0.15, 0.2) is 0 Å². The number of hydrogen-bond donors (Lipinski definition) is 2. The van der Waals surface area contributed by atoms with Crippen molar-refractivity contribution in [3.8, 4) is 23.1 Å². The first-order valence-electron chi connectivity index (χ1n) is 11.7. The summed E-state index contributed by atoms with van der Waals surface area (Å²) in [6.07, 6.45) is 2.34. The van der Waals surface area contributed by atoms with Gasteiger partial charge in [-0.2, -0.15) is 0 Å². The van der Waals surface area contributed by atoms with Crippen LogP contribution in [0.5, 0.6) is 23.1 Å². The largest absolute Gasteiger partial charge is 0.457 e. The zero-order chi connectivity index (χ0) is 25.7. The lowest BCUT2D eigenvalue weighted by atomic mass is 9.98. The summed E-state index contributed by atoms with van der Waals surface area (Å²) in [5.74, 6) is 1.04. The van der Waals surface area contributed by atoms with Crippen molar-refractivity contribution in [3.63, 3.8) is 0 Å². The Morgan fingerprint density at radius 3 is 2.28 bits per heavy atom. The molecular weight excluding hydrogens is 460 g/mol. The molecule has 1 atom stereocenters. The van der Waals surface area contributed by atoms with Crippen LogP contribution in [0.3, 0.4) is 0 Å². The number of carbonyl (C=O) groups excluding carboxylic acids is 2. The van der Waals surface area contributed by atoms with E-state index in [1.54, 1.807) is 41.6 Å². The van der Waals surface area contributed by atoms with Crippen molar-refractivity contribution in [2.45, 2.75) is 33.2 Å². The normalized spacial score (nSPS) is 15.8. The molecule has 0 aliphatic carbocycles. The smallest absolute Gasteiger partial charge is 0.330 e. The Labute approximate surface area is 210 Å². The third kappa shape index (κ3) is 6.51. The molecule has 36 heavy (non-hydrogen) atoms. The second kappa shape index (κ2) is 10.7. The summed E-state index contributed by atoms with van der Waals surface area (Å²) >= 11 is 0. The van der Waals surface area contributed by atoms with Crippen LogP contribution < -0.4 is 20.5 Å². The quantitative estimate of drug-likeness (QED) is 0.465. The van der Waals surface area contributed by atoms with Crippen molar-refractivity contribution in [3.05, 3.63) is 72.4 Å². The number of anilines is 1. The average Bonchev–Trinajstić information content (AvgIpc) is 3.28. The van der Waals surface area contributed by atoms with E-state index >= 15 is 0 Å². The van der Waals surface area contributed by atoms with Crippen molar-refractivity contribution < 1.29 is 23.9 Å². The molecule has 1 aliphatic heterocycles. The Morgan fingerprint density at radius 2 is 1.64 bits per heavy atom. The van der Waals surface area contributed by atoms with Gasteiger partial charge in [-0.1, -0.05) is 18.2 Å². The van der Waals surface area contributed by atoms with Crippen LogP contribution in [0.2, 0.25) is 0 Å². The Balaban J connectivity index is 1.38. The average molecular weight is 491 g/mol. The number of primary amides is 1. The molecule has 3 aromatic rings. The van der Waals surface area contributed by atoms with Crippen molar-refractivity contribution in [1.82, 2.24) is 10.0 Å². The summed E-state index contributed by atoms with van der Waals surface area (Å²) in [6.45, 7) is 6.57. The molecule has 3 N–H and O–H groups in total. The van der Waals surface area contributed by atoms with E-state index in [1.807, 2.05) is 51.1 Å².